The molecule has 0 saturated carbocycles. The highest BCUT2D eigenvalue weighted by molar-refractivity contribution is 7.17. The van der Waals surface area contributed by atoms with Crippen molar-refractivity contribution in [1.82, 2.24) is 9.80 Å². The predicted octanol–water partition coefficient (Wildman–Crippen LogP) is 7.53. The van der Waals surface area contributed by atoms with E-state index in [0.717, 1.165) is 92.2 Å². The van der Waals surface area contributed by atoms with Crippen molar-refractivity contribution in [3.8, 4) is 0 Å². The second-order valence-electron chi connectivity index (χ2n) is 14.9. The molecule has 0 radical (unpaired) electrons. The summed E-state index contributed by atoms with van der Waals surface area (Å²) >= 11 is 1.38. The van der Waals surface area contributed by atoms with Crippen LogP contribution in [0.25, 0.3) is 0 Å². The van der Waals surface area contributed by atoms with E-state index in [1.807, 2.05) is 18.2 Å². The van der Waals surface area contributed by atoms with Crippen LogP contribution in [-0.4, -0.2) is 89.7 Å². The molecule has 6 rings (SSSR count). The second-order valence-corrected chi connectivity index (χ2v) is 16.0. The van der Waals surface area contributed by atoms with E-state index < -0.39 is 23.5 Å². The number of aryl methyl sites for hydroxylation is 2. The number of carboxylic acid groups (broad SMARTS) is 2. The number of rotatable bonds is 14. The maximum atomic E-state index is 15.3. The van der Waals surface area contributed by atoms with Crippen LogP contribution in [-0.2, 0) is 41.8 Å². The van der Waals surface area contributed by atoms with Crippen molar-refractivity contribution in [3.05, 3.63) is 116 Å². The molecule has 1 fully saturated rings. The molecule has 2 amide bonds. The number of hydrogen-bond acceptors (Lipinski definition) is 8. The average Bonchev–Trinajstić information content (AvgIpc) is 3.54. The first-order valence-corrected chi connectivity index (χ1v) is 19.9. The molecule has 0 spiro atoms. The van der Waals surface area contributed by atoms with Gasteiger partial charge in [0.25, 0.3) is 18.3 Å². The Morgan fingerprint density at radius 3 is 2.28 bits per heavy atom. The van der Waals surface area contributed by atoms with Gasteiger partial charge in [-0.1, -0.05) is 24.3 Å². The van der Waals surface area contributed by atoms with Crippen molar-refractivity contribution < 1.29 is 42.9 Å². The maximum Gasteiger partial charge on any atom is 0.335 e. The molecule has 1 aliphatic carbocycles. The zero-order valence-electron chi connectivity index (χ0n) is 32.5. The summed E-state index contributed by atoms with van der Waals surface area (Å²) in [5.41, 5.74) is 3.38. The monoisotopic (exact) mass is 804 g/mol. The summed E-state index contributed by atoms with van der Waals surface area (Å²) in [7, 11) is 1.73. The number of thiophene rings is 1. The zero-order chi connectivity index (χ0) is 41.1. The van der Waals surface area contributed by atoms with Gasteiger partial charge < -0.3 is 30.5 Å². The van der Waals surface area contributed by atoms with Gasteiger partial charge in [-0.15, -0.1) is 11.3 Å². The Bertz CT molecular complexity index is 2030. The molecule has 4 aromatic rings. The SMILES string of the molecule is COCCCN1CCN(Cc2cccc(C(=O)Nc3sc4c(c3C(=O)Nc3cc(F)c(CCc5ccc(C(=O)O)cc5)c(F)c3)CCCC4)c2)C(C)(C)C1.O=CO. The maximum absolute atomic E-state index is 15.3. The molecular formula is C43H50F2N4O7S. The Morgan fingerprint density at radius 2 is 1.61 bits per heavy atom. The minimum absolute atomic E-state index is 0.0240. The minimum atomic E-state index is -1.05. The number of piperazine rings is 1. The van der Waals surface area contributed by atoms with Gasteiger partial charge in [-0.2, -0.15) is 0 Å². The lowest BCUT2D eigenvalue weighted by Gasteiger charge is -2.47. The van der Waals surface area contributed by atoms with Crippen molar-refractivity contribution in [2.45, 2.75) is 70.9 Å². The normalized spacial score (nSPS) is 15.2. The summed E-state index contributed by atoms with van der Waals surface area (Å²) in [6.07, 6.45) is 4.69. The molecule has 2 heterocycles. The molecule has 0 unspecified atom stereocenters. The number of fused-ring (bicyclic) bond motifs is 1. The number of carbonyl (C=O) groups is 4. The molecule has 4 N–H and O–H groups in total. The largest absolute Gasteiger partial charge is 0.483 e. The van der Waals surface area contributed by atoms with Gasteiger partial charge >= 0.3 is 5.97 Å². The van der Waals surface area contributed by atoms with Gasteiger partial charge in [0.05, 0.1) is 11.1 Å². The van der Waals surface area contributed by atoms with Gasteiger partial charge in [-0.25, -0.2) is 13.6 Å². The topological polar surface area (TPSA) is 149 Å². The number of benzene rings is 3. The number of methoxy groups -OCH3 is 1. The second kappa shape index (κ2) is 19.9. The number of nitrogens with one attached hydrogen (secondary N) is 2. The highest BCUT2D eigenvalue weighted by atomic mass is 32.1. The van der Waals surface area contributed by atoms with E-state index in [2.05, 4.69) is 34.3 Å². The van der Waals surface area contributed by atoms with Crippen molar-refractivity contribution in [2.24, 2.45) is 0 Å². The van der Waals surface area contributed by atoms with Crippen LogP contribution in [0.3, 0.4) is 0 Å². The summed E-state index contributed by atoms with van der Waals surface area (Å²) < 4.78 is 35.7. The van der Waals surface area contributed by atoms with E-state index in [0.29, 0.717) is 35.5 Å². The first-order chi connectivity index (χ1) is 27.3. The van der Waals surface area contributed by atoms with Crippen LogP contribution in [0.15, 0.2) is 60.7 Å². The molecule has 11 nitrogen and oxygen atoms in total. The standard InChI is InChI=1S/C42H48F2N4O5S.CH2O2/c1-42(2)26-47(18-7-21-53-3)19-20-48(42)25-28-8-6-9-30(22-28)38(49)46-40-37(33-10-4-5-11-36(33)54-40)39(50)45-31-23-34(43)32(35(44)24-31)17-14-27-12-15-29(16-13-27)41(51)52;2-1-3/h6,8-9,12-13,15-16,22-24H,4-5,7,10-11,14,17-21,25-26H2,1-3H3,(H,45,50)(H,46,49)(H,51,52);1H,(H,2,3). The summed E-state index contributed by atoms with van der Waals surface area (Å²) in [5.74, 6) is -3.49. The van der Waals surface area contributed by atoms with Gasteiger partial charge in [0.1, 0.15) is 16.6 Å². The van der Waals surface area contributed by atoms with Crippen molar-refractivity contribution >= 4 is 46.3 Å². The number of anilines is 2. The van der Waals surface area contributed by atoms with Crippen LogP contribution in [0.1, 0.15) is 91.3 Å². The Labute approximate surface area is 335 Å². The summed E-state index contributed by atoms with van der Waals surface area (Å²) in [6.45, 7) is 9.54. The molecule has 1 aromatic heterocycles. The molecule has 14 heteroatoms. The van der Waals surface area contributed by atoms with Crippen LogP contribution in [0.4, 0.5) is 19.5 Å². The molecule has 0 bridgehead atoms. The van der Waals surface area contributed by atoms with Crippen molar-refractivity contribution in [1.29, 1.82) is 0 Å². The van der Waals surface area contributed by atoms with E-state index in [4.69, 9.17) is 19.7 Å². The fourth-order valence-corrected chi connectivity index (χ4v) is 8.78. The van der Waals surface area contributed by atoms with Gasteiger partial charge in [-0.05, 0) is 112 Å². The number of amides is 2. The smallest absolute Gasteiger partial charge is 0.335 e. The van der Waals surface area contributed by atoms with Crippen LogP contribution in [0.5, 0.6) is 0 Å². The molecule has 3 aromatic carbocycles. The van der Waals surface area contributed by atoms with E-state index in [1.54, 1.807) is 25.3 Å². The summed E-state index contributed by atoms with van der Waals surface area (Å²) in [4.78, 5) is 53.0. The third-order valence-electron chi connectivity index (χ3n) is 10.4. The van der Waals surface area contributed by atoms with Crippen LogP contribution < -0.4 is 10.6 Å². The lowest BCUT2D eigenvalue weighted by molar-refractivity contribution is -0.122. The Morgan fingerprint density at radius 1 is 0.912 bits per heavy atom. The van der Waals surface area contributed by atoms with Gasteiger partial charge in [0.15, 0.2) is 0 Å². The first kappa shape index (κ1) is 43.1. The Hall–Kier alpha value is -5.02. The van der Waals surface area contributed by atoms with Crippen molar-refractivity contribution in [2.75, 3.05) is 50.5 Å². The zero-order valence-corrected chi connectivity index (χ0v) is 33.4. The third-order valence-corrected chi connectivity index (χ3v) is 11.6. The van der Waals surface area contributed by atoms with Gasteiger partial charge in [0.2, 0.25) is 0 Å². The van der Waals surface area contributed by atoms with Crippen LogP contribution in [0, 0.1) is 11.6 Å². The van der Waals surface area contributed by atoms with Gasteiger partial charge in [0, 0.05) is 73.7 Å². The van der Waals surface area contributed by atoms with Crippen LogP contribution in [0.2, 0.25) is 0 Å². The highest BCUT2D eigenvalue weighted by Gasteiger charge is 2.33. The Kier molecular flexibility index (Phi) is 15.1. The summed E-state index contributed by atoms with van der Waals surface area (Å²) in [6, 6.07) is 16.0. The number of hydrogen-bond donors (Lipinski definition) is 4. The molecular weight excluding hydrogens is 755 g/mol. The quantitative estimate of drug-likeness (QED) is 0.0750. The molecule has 0 atom stereocenters. The van der Waals surface area contributed by atoms with Crippen molar-refractivity contribution in [3.63, 3.8) is 0 Å². The fraction of sp³-hybridized carbons (Fsp3) is 0.395. The molecule has 1 aliphatic heterocycles. The molecule has 2 aliphatic rings. The fourth-order valence-electron chi connectivity index (χ4n) is 7.50. The average molecular weight is 805 g/mol. The third kappa shape index (κ3) is 11.3. The molecule has 1 saturated heterocycles. The number of carboxylic acids is 1. The number of nitrogens with zero attached hydrogens (tertiary/aromatic N) is 2. The molecule has 304 valence electrons. The lowest BCUT2D eigenvalue weighted by atomic mass is 9.95. The number of ether oxygens (including phenoxy) is 1. The minimum Gasteiger partial charge on any atom is -0.483 e. The Balaban J connectivity index is 0.00000200. The lowest BCUT2D eigenvalue weighted by Crippen LogP contribution is -2.58. The van der Waals surface area contributed by atoms with Crippen LogP contribution >= 0.6 is 11.3 Å². The molecule has 57 heavy (non-hydrogen) atoms. The van der Waals surface area contributed by atoms with E-state index in [9.17, 15) is 14.4 Å². The number of carbonyl (C=O) groups excluding carboxylic acids is 2. The number of aromatic carboxylic acids is 1. The van der Waals surface area contributed by atoms with E-state index in [1.165, 1.54) is 23.5 Å². The van der Waals surface area contributed by atoms with E-state index >= 15 is 8.78 Å². The van der Waals surface area contributed by atoms with Gasteiger partial charge in [-0.3, -0.25) is 19.3 Å². The first-order valence-electron chi connectivity index (χ1n) is 19.0. The predicted molar refractivity (Wildman–Crippen MR) is 217 cm³/mol. The highest BCUT2D eigenvalue weighted by Crippen LogP contribution is 2.39. The van der Waals surface area contributed by atoms with E-state index in [-0.39, 0.29) is 41.2 Å². The number of halogens is 2. The summed E-state index contributed by atoms with van der Waals surface area (Å²) in [5, 5.41) is 22.1.